The van der Waals surface area contributed by atoms with Crippen molar-refractivity contribution >= 4 is 27.3 Å². The highest BCUT2D eigenvalue weighted by Crippen LogP contribution is 2.32. The molecule has 8 heteroatoms. The average Bonchev–Trinajstić information content (AvgIpc) is 3.01. The third kappa shape index (κ3) is 2.94. The Labute approximate surface area is 115 Å². The number of carbonyl (C=O) groups is 1. The predicted octanol–water partition coefficient (Wildman–Crippen LogP) is 0.875. The van der Waals surface area contributed by atoms with Gasteiger partial charge in [0, 0.05) is 6.54 Å². The van der Waals surface area contributed by atoms with E-state index in [4.69, 9.17) is 11.5 Å². The molecule has 1 saturated carbocycles. The van der Waals surface area contributed by atoms with Crippen LogP contribution in [0.2, 0.25) is 0 Å². The third-order valence-electron chi connectivity index (χ3n) is 2.74. The first kappa shape index (κ1) is 14.0. The van der Waals surface area contributed by atoms with E-state index in [1.165, 1.54) is 5.51 Å². The second kappa shape index (κ2) is 5.28. The molecule has 0 bridgehead atoms. The Morgan fingerprint density at radius 3 is 2.84 bits per heavy atom. The molecule has 1 heterocycles. The number of terminal acetylenes is 1. The molecule has 1 aliphatic rings. The summed E-state index contributed by atoms with van der Waals surface area (Å²) < 4.78 is 25.7. The Bertz CT molecular complexity index is 625. The van der Waals surface area contributed by atoms with E-state index in [1.54, 1.807) is 0 Å². The zero-order valence-corrected chi connectivity index (χ0v) is 11.6. The molecule has 0 aliphatic heterocycles. The SMILES string of the molecule is C#CCN(CC1CC1)S(=O)(=O)c1scnc1C(=O)O. The van der Waals surface area contributed by atoms with E-state index in [9.17, 15) is 13.2 Å². The van der Waals surface area contributed by atoms with Crippen LogP contribution in [0.1, 0.15) is 23.3 Å². The maximum absolute atomic E-state index is 12.4. The lowest BCUT2D eigenvalue weighted by molar-refractivity contribution is 0.0687. The summed E-state index contributed by atoms with van der Waals surface area (Å²) in [5.41, 5.74) is 0.768. The Balaban J connectivity index is 2.35. The van der Waals surface area contributed by atoms with Gasteiger partial charge in [-0.1, -0.05) is 5.92 Å². The van der Waals surface area contributed by atoms with E-state index in [0.717, 1.165) is 28.5 Å². The van der Waals surface area contributed by atoms with Crippen LogP contribution in [0.15, 0.2) is 9.72 Å². The molecule has 1 aromatic heterocycles. The monoisotopic (exact) mass is 300 g/mol. The number of carboxylic acids is 1. The highest BCUT2D eigenvalue weighted by molar-refractivity contribution is 7.91. The van der Waals surface area contributed by atoms with Gasteiger partial charge >= 0.3 is 5.97 Å². The van der Waals surface area contributed by atoms with E-state index in [-0.39, 0.29) is 10.8 Å². The standard InChI is InChI=1S/C11H12N2O4S2/c1-2-5-13(6-8-3-4-8)19(16,17)11-9(10(14)15)12-7-18-11/h1,7-8H,3-6H2,(H,14,15). The van der Waals surface area contributed by atoms with Crippen LogP contribution in [0.3, 0.4) is 0 Å². The summed E-state index contributed by atoms with van der Waals surface area (Å²) in [5, 5.41) is 8.94. The van der Waals surface area contributed by atoms with Crippen molar-refractivity contribution in [3.8, 4) is 12.3 Å². The van der Waals surface area contributed by atoms with Crippen molar-refractivity contribution in [2.45, 2.75) is 17.1 Å². The number of rotatable bonds is 6. The maximum Gasteiger partial charge on any atom is 0.356 e. The van der Waals surface area contributed by atoms with Gasteiger partial charge in [0.15, 0.2) is 9.90 Å². The van der Waals surface area contributed by atoms with Crippen molar-refractivity contribution in [1.82, 2.24) is 9.29 Å². The lowest BCUT2D eigenvalue weighted by Gasteiger charge is -2.18. The van der Waals surface area contributed by atoms with Crippen molar-refractivity contribution in [2.75, 3.05) is 13.1 Å². The van der Waals surface area contributed by atoms with Crippen molar-refractivity contribution in [3.05, 3.63) is 11.2 Å². The summed E-state index contributed by atoms with van der Waals surface area (Å²) in [5.74, 6) is 1.27. The van der Waals surface area contributed by atoms with Crippen molar-refractivity contribution in [3.63, 3.8) is 0 Å². The number of sulfonamides is 1. The van der Waals surface area contributed by atoms with E-state index in [1.807, 2.05) is 0 Å². The van der Waals surface area contributed by atoms with E-state index < -0.39 is 21.7 Å². The normalized spacial score (nSPS) is 15.4. The fourth-order valence-corrected chi connectivity index (χ4v) is 4.32. The van der Waals surface area contributed by atoms with Crippen LogP contribution >= 0.6 is 11.3 Å². The third-order valence-corrected chi connectivity index (χ3v) is 5.90. The molecule has 1 aromatic rings. The summed E-state index contributed by atoms with van der Waals surface area (Å²) >= 11 is 0.796. The number of hydrogen-bond acceptors (Lipinski definition) is 5. The first-order chi connectivity index (χ1) is 8.96. The number of aromatic nitrogens is 1. The summed E-state index contributed by atoms with van der Waals surface area (Å²) in [6.45, 7) is 0.277. The Hall–Kier alpha value is -1.43. The van der Waals surface area contributed by atoms with Gasteiger partial charge in [0.25, 0.3) is 10.0 Å². The Morgan fingerprint density at radius 2 is 2.32 bits per heavy atom. The molecule has 6 nitrogen and oxygen atoms in total. The molecule has 0 unspecified atom stereocenters. The number of aromatic carboxylic acids is 1. The summed E-state index contributed by atoms with van der Waals surface area (Å²) in [6.07, 6.45) is 7.14. The highest BCUT2D eigenvalue weighted by atomic mass is 32.2. The molecule has 0 aromatic carbocycles. The zero-order valence-electron chi connectivity index (χ0n) is 9.94. The first-order valence-corrected chi connectivity index (χ1v) is 7.89. The molecular weight excluding hydrogens is 288 g/mol. The van der Waals surface area contributed by atoms with Gasteiger partial charge in [0.2, 0.25) is 0 Å². The van der Waals surface area contributed by atoms with Gasteiger partial charge in [-0.15, -0.1) is 17.8 Å². The molecule has 2 rings (SSSR count). The van der Waals surface area contributed by atoms with E-state index in [0.29, 0.717) is 12.5 Å². The Morgan fingerprint density at radius 1 is 1.63 bits per heavy atom. The van der Waals surface area contributed by atoms with Gasteiger partial charge < -0.3 is 5.11 Å². The van der Waals surface area contributed by atoms with Gasteiger partial charge in [-0.25, -0.2) is 18.2 Å². The number of thiazole rings is 1. The minimum absolute atomic E-state index is 0.0597. The van der Waals surface area contributed by atoms with Gasteiger partial charge in [-0.3, -0.25) is 0 Å². The molecule has 0 atom stereocenters. The molecular formula is C11H12N2O4S2. The minimum atomic E-state index is -3.88. The summed E-state index contributed by atoms with van der Waals surface area (Å²) in [7, 11) is -3.88. The second-order valence-electron chi connectivity index (χ2n) is 4.24. The van der Waals surface area contributed by atoms with Gasteiger partial charge in [0.05, 0.1) is 12.1 Å². The predicted molar refractivity (Wildman–Crippen MR) is 69.4 cm³/mol. The summed E-state index contributed by atoms with van der Waals surface area (Å²) in [6, 6.07) is 0. The second-order valence-corrected chi connectivity index (χ2v) is 7.23. The lowest BCUT2D eigenvalue weighted by Crippen LogP contribution is -2.33. The van der Waals surface area contributed by atoms with Crippen molar-refractivity contribution < 1.29 is 18.3 Å². The van der Waals surface area contributed by atoms with Crippen LogP contribution in [0.4, 0.5) is 0 Å². The average molecular weight is 300 g/mol. The molecule has 0 spiro atoms. The first-order valence-electron chi connectivity index (χ1n) is 5.57. The van der Waals surface area contributed by atoms with Crippen LogP contribution < -0.4 is 0 Å². The molecule has 1 fully saturated rings. The highest BCUT2D eigenvalue weighted by Gasteiger charge is 2.35. The minimum Gasteiger partial charge on any atom is -0.476 e. The van der Waals surface area contributed by atoms with Crippen LogP contribution in [0, 0.1) is 18.3 Å². The van der Waals surface area contributed by atoms with E-state index in [2.05, 4.69) is 10.9 Å². The lowest BCUT2D eigenvalue weighted by atomic mass is 10.4. The smallest absolute Gasteiger partial charge is 0.356 e. The molecule has 1 aliphatic carbocycles. The fourth-order valence-electron chi connectivity index (χ4n) is 1.62. The topological polar surface area (TPSA) is 87.6 Å². The van der Waals surface area contributed by atoms with Crippen LogP contribution in [-0.4, -0.2) is 41.9 Å². The van der Waals surface area contributed by atoms with Crippen molar-refractivity contribution in [2.24, 2.45) is 5.92 Å². The molecule has 0 amide bonds. The maximum atomic E-state index is 12.4. The van der Waals surface area contributed by atoms with Gasteiger partial charge in [-0.2, -0.15) is 4.31 Å². The number of carboxylic acid groups (broad SMARTS) is 1. The van der Waals surface area contributed by atoms with Crippen molar-refractivity contribution in [1.29, 1.82) is 0 Å². The van der Waals surface area contributed by atoms with Gasteiger partial charge in [-0.05, 0) is 18.8 Å². The van der Waals surface area contributed by atoms with E-state index >= 15 is 0 Å². The fraction of sp³-hybridized carbons (Fsp3) is 0.455. The zero-order chi connectivity index (χ0) is 14.0. The largest absolute Gasteiger partial charge is 0.476 e. The Kier molecular flexibility index (Phi) is 3.89. The molecule has 19 heavy (non-hydrogen) atoms. The number of hydrogen-bond donors (Lipinski definition) is 1. The molecule has 102 valence electrons. The van der Waals surface area contributed by atoms with Gasteiger partial charge in [0.1, 0.15) is 0 Å². The summed E-state index contributed by atoms with van der Waals surface area (Å²) in [4.78, 5) is 14.5. The van der Waals surface area contributed by atoms with Crippen LogP contribution in [0.5, 0.6) is 0 Å². The number of nitrogens with zero attached hydrogens (tertiary/aromatic N) is 2. The molecule has 1 N–H and O–H groups in total. The molecule has 0 radical (unpaired) electrons. The van der Waals surface area contributed by atoms with Crippen LogP contribution in [-0.2, 0) is 10.0 Å². The quantitative estimate of drug-likeness (QED) is 0.788. The molecule has 0 saturated heterocycles. The van der Waals surface area contributed by atoms with Crippen LogP contribution in [0.25, 0.3) is 0 Å².